The highest BCUT2D eigenvalue weighted by Gasteiger charge is 2.12. The van der Waals surface area contributed by atoms with Crippen molar-refractivity contribution in [3.63, 3.8) is 0 Å². The van der Waals surface area contributed by atoms with Crippen LogP contribution in [0.25, 0.3) is 0 Å². The van der Waals surface area contributed by atoms with Crippen LogP contribution in [0.15, 0.2) is 89.0 Å². The van der Waals surface area contributed by atoms with E-state index in [0.29, 0.717) is 28.3 Å². The third kappa shape index (κ3) is 7.30. The van der Waals surface area contributed by atoms with Crippen LogP contribution in [0.2, 0.25) is 5.02 Å². The van der Waals surface area contributed by atoms with Crippen LogP contribution in [0.5, 0.6) is 11.5 Å². The van der Waals surface area contributed by atoms with Crippen LogP contribution in [0.1, 0.15) is 21.5 Å². The van der Waals surface area contributed by atoms with E-state index < -0.39 is 11.9 Å². The maximum atomic E-state index is 12.4. The summed E-state index contributed by atoms with van der Waals surface area (Å²) >= 11 is 9.23. The minimum Gasteiger partial charge on any atom is -0.483 e. The van der Waals surface area contributed by atoms with Crippen molar-refractivity contribution < 1.29 is 19.1 Å². The lowest BCUT2D eigenvalue weighted by molar-refractivity contribution is -0.123. The summed E-state index contributed by atoms with van der Waals surface area (Å²) < 4.78 is 11.8. The van der Waals surface area contributed by atoms with E-state index in [1.165, 1.54) is 6.21 Å². The molecule has 0 aromatic heterocycles. The lowest BCUT2D eigenvalue weighted by Crippen LogP contribution is -2.24. The Balaban J connectivity index is 1.62. The molecule has 8 heteroatoms. The smallest absolute Gasteiger partial charge is 0.343 e. The maximum absolute atomic E-state index is 12.4. The number of carbonyl (C=O) groups is 2. The molecule has 3 rings (SSSR count). The monoisotopic (exact) mass is 526 g/mol. The molecule has 3 aromatic rings. The molecule has 0 bridgehead atoms. The second-order valence-electron chi connectivity index (χ2n) is 6.76. The average molecular weight is 528 g/mol. The van der Waals surface area contributed by atoms with Crippen LogP contribution in [0.3, 0.4) is 0 Å². The van der Waals surface area contributed by atoms with E-state index in [1.807, 2.05) is 18.2 Å². The van der Waals surface area contributed by atoms with Crippen LogP contribution < -0.4 is 14.9 Å². The number of carbonyl (C=O) groups excluding carboxylic acids is 2. The first-order chi connectivity index (χ1) is 16.0. The molecule has 6 nitrogen and oxygen atoms in total. The van der Waals surface area contributed by atoms with Crippen LogP contribution in [0.4, 0.5) is 0 Å². The quantitative estimate of drug-likeness (QED) is 0.130. The molecule has 0 spiro atoms. The van der Waals surface area contributed by atoms with Gasteiger partial charge < -0.3 is 9.47 Å². The summed E-state index contributed by atoms with van der Waals surface area (Å²) in [6, 6.07) is 18.9. The van der Waals surface area contributed by atoms with Crippen molar-refractivity contribution in [1.82, 2.24) is 5.43 Å². The Morgan fingerprint density at radius 3 is 2.58 bits per heavy atom. The average Bonchev–Trinajstić information content (AvgIpc) is 2.81. The number of rotatable bonds is 9. The number of allylic oxidation sites excluding steroid dienone is 1. The van der Waals surface area contributed by atoms with Gasteiger partial charge in [0.05, 0.1) is 11.8 Å². The van der Waals surface area contributed by atoms with E-state index in [2.05, 4.69) is 33.0 Å². The van der Waals surface area contributed by atoms with Crippen molar-refractivity contribution >= 4 is 45.6 Å². The van der Waals surface area contributed by atoms with E-state index in [4.69, 9.17) is 21.1 Å². The maximum Gasteiger partial charge on any atom is 0.343 e. The second kappa shape index (κ2) is 12.0. The van der Waals surface area contributed by atoms with Gasteiger partial charge in [0.15, 0.2) is 6.61 Å². The van der Waals surface area contributed by atoms with Crippen LogP contribution in [0, 0.1) is 0 Å². The molecule has 1 N–H and O–H groups in total. The minimum absolute atomic E-state index is 0.206. The number of benzene rings is 3. The number of halogens is 2. The molecule has 33 heavy (non-hydrogen) atoms. The standard InChI is InChI=1S/C25H20BrClN2O4/c1-2-5-17-6-3-4-7-22(17)32-16-24(30)29-28-15-19-14-20(26)10-13-23(19)33-25(31)18-8-11-21(27)12-9-18/h2-4,6-15H,1,5,16H2,(H,29,30). The lowest BCUT2D eigenvalue weighted by atomic mass is 10.1. The number of esters is 1. The molecular formula is C25H20BrClN2O4. The number of hydrogen-bond acceptors (Lipinski definition) is 5. The zero-order valence-corrected chi connectivity index (χ0v) is 19.8. The summed E-state index contributed by atoms with van der Waals surface area (Å²) in [6.45, 7) is 3.51. The Hall–Kier alpha value is -3.42. The Morgan fingerprint density at radius 2 is 1.82 bits per heavy atom. The fraction of sp³-hybridized carbons (Fsp3) is 0.0800. The lowest BCUT2D eigenvalue weighted by Gasteiger charge is -2.09. The number of amides is 1. The molecule has 0 saturated heterocycles. The molecule has 1 amide bonds. The second-order valence-corrected chi connectivity index (χ2v) is 8.11. The van der Waals surface area contributed by atoms with E-state index >= 15 is 0 Å². The largest absolute Gasteiger partial charge is 0.483 e. The Bertz CT molecular complexity index is 1180. The number of hydrogen-bond donors (Lipinski definition) is 1. The summed E-state index contributed by atoms with van der Waals surface area (Å²) in [5.74, 6) is -0.0840. The third-order valence-corrected chi connectivity index (χ3v) is 5.09. The zero-order valence-electron chi connectivity index (χ0n) is 17.5. The molecule has 0 radical (unpaired) electrons. The molecule has 0 unspecified atom stereocenters. The number of hydrazone groups is 1. The van der Waals surface area contributed by atoms with Crippen molar-refractivity contribution in [2.24, 2.45) is 5.10 Å². The first-order valence-electron chi connectivity index (χ1n) is 9.87. The Kier molecular flexibility index (Phi) is 8.80. The van der Waals surface area contributed by atoms with Crippen molar-refractivity contribution in [1.29, 1.82) is 0 Å². The van der Waals surface area contributed by atoms with Gasteiger partial charge in [0, 0.05) is 15.1 Å². The summed E-state index contributed by atoms with van der Waals surface area (Å²) in [5, 5.41) is 4.48. The molecule has 0 aliphatic rings. The molecular weight excluding hydrogens is 508 g/mol. The number of nitrogens with zero attached hydrogens (tertiary/aromatic N) is 1. The highest BCUT2D eigenvalue weighted by molar-refractivity contribution is 9.10. The predicted octanol–water partition coefficient (Wildman–Crippen LogP) is 5.58. The Labute approximate surface area is 205 Å². The highest BCUT2D eigenvalue weighted by Crippen LogP contribution is 2.23. The summed E-state index contributed by atoms with van der Waals surface area (Å²) in [6.07, 6.45) is 3.79. The summed E-state index contributed by atoms with van der Waals surface area (Å²) in [4.78, 5) is 24.6. The molecule has 0 atom stereocenters. The molecule has 0 aliphatic heterocycles. The van der Waals surface area contributed by atoms with Gasteiger partial charge in [-0.15, -0.1) is 6.58 Å². The van der Waals surface area contributed by atoms with Gasteiger partial charge in [0.2, 0.25) is 0 Å². The van der Waals surface area contributed by atoms with Gasteiger partial charge in [-0.1, -0.05) is 51.8 Å². The fourth-order valence-corrected chi connectivity index (χ4v) is 3.28. The van der Waals surface area contributed by atoms with Crippen molar-refractivity contribution in [2.45, 2.75) is 6.42 Å². The van der Waals surface area contributed by atoms with Crippen molar-refractivity contribution in [3.05, 3.63) is 106 Å². The fourth-order valence-electron chi connectivity index (χ4n) is 2.78. The Morgan fingerprint density at radius 1 is 1.06 bits per heavy atom. The van der Waals surface area contributed by atoms with E-state index in [9.17, 15) is 9.59 Å². The highest BCUT2D eigenvalue weighted by atomic mass is 79.9. The summed E-state index contributed by atoms with van der Waals surface area (Å²) in [7, 11) is 0. The van der Waals surface area contributed by atoms with Gasteiger partial charge in [-0.2, -0.15) is 5.10 Å². The molecule has 0 fully saturated rings. The van der Waals surface area contributed by atoms with Crippen LogP contribution in [-0.4, -0.2) is 24.7 Å². The SMILES string of the molecule is C=CCc1ccccc1OCC(=O)NN=Cc1cc(Br)ccc1OC(=O)c1ccc(Cl)cc1. The van der Waals surface area contributed by atoms with E-state index in [0.717, 1.165) is 10.0 Å². The minimum atomic E-state index is -0.542. The topological polar surface area (TPSA) is 77.0 Å². The normalized spacial score (nSPS) is 10.6. The van der Waals surface area contributed by atoms with Gasteiger partial charge in [0.1, 0.15) is 11.5 Å². The first kappa shape index (κ1) is 24.2. The number of nitrogens with one attached hydrogen (secondary N) is 1. The predicted molar refractivity (Wildman–Crippen MR) is 132 cm³/mol. The van der Waals surface area contributed by atoms with Crippen molar-refractivity contribution in [3.8, 4) is 11.5 Å². The zero-order chi connectivity index (χ0) is 23.6. The molecule has 0 heterocycles. The first-order valence-corrected chi connectivity index (χ1v) is 11.0. The van der Waals surface area contributed by atoms with Gasteiger partial charge in [-0.25, -0.2) is 10.2 Å². The van der Waals surface area contributed by atoms with Gasteiger partial charge in [0.25, 0.3) is 5.91 Å². The third-order valence-electron chi connectivity index (χ3n) is 4.34. The molecule has 0 saturated carbocycles. The molecule has 168 valence electrons. The van der Waals surface area contributed by atoms with Gasteiger partial charge in [-0.05, 0) is 60.5 Å². The van der Waals surface area contributed by atoms with Gasteiger partial charge in [-0.3, -0.25) is 4.79 Å². The van der Waals surface area contributed by atoms with E-state index in [1.54, 1.807) is 54.6 Å². The van der Waals surface area contributed by atoms with Gasteiger partial charge >= 0.3 is 5.97 Å². The molecule has 0 aliphatic carbocycles. The van der Waals surface area contributed by atoms with Crippen molar-refractivity contribution in [2.75, 3.05) is 6.61 Å². The van der Waals surface area contributed by atoms with Crippen LogP contribution >= 0.6 is 27.5 Å². The number of ether oxygens (including phenoxy) is 2. The van der Waals surface area contributed by atoms with Crippen LogP contribution in [-0.2, 0) is 11.2 Å². The number of para-hydroxylation sites is 1. The molecule has 3 aromatic carbocycles. The summed E-state index contributed by atoms with van der Waals surface area (Å²) in [5.41, 5.74) is 4.19. The van der Waals surface area contributed by atoms with E-state index in [-0.39, 0.29) is 12.4 Å².